The number of nitrogens with zero attached hydrogens (tertiary/aromatic N) is 3. The lowest BCUT2D eigenvalue weighted by atomic mass is 9.73. The monoisotopic (exact) mass is 558 g/mol. The summed E-state index contributed by atoms with van der Waals surface area (Å²) in [4.78, 5) is 23.3. The Morgan fingerprint density at radius 2 is 1.51 bits per heavy atom. The Balaban J connectivity index is 1.18. The molecule has 0 saturated carbocycles. The molecule has 212 valence electrons. The smallest absolute Gasteiger partial charge is 0.355 e. The Labute approximate surface area is 238 Å². The van der Waals surface area contributed by atoms with Crippen molar-refractivity contribution in [3.05, 3.63) is 96.1 Å². The number of fused-ring (bicyclic) bond motifs is 4. The summed E-state index contributed by atoms with van der Waals surface area (Å²) in [6.07, 6.45) is -2.39. The van der Waals surface area contributed by atoms with E-state index >= 15 is 0 Å². The molecule has 1 saturated heterocycles. The maximum Gasteiger partial charge on any atom is 0.405 e. The molecule has 1 amide bonds. The van der Waals surface area contributed by atoms with Crippen LogP contribution in [0, 0.1) is 0 Å². The molecule has 5 nitrogen and oxygen atoms in total. The lowest BCUT2D eigenvalue weighted by Crippen LogP contribution is -2.47. The Morgan fingerprint density at radius 3 is 2.24 bits per heavy atom. The molecule has 0 spiro atoms. The molecular formula is C33H33F3N4O. The average molecular weight is 559 g/mol. The van der Waals surface area contributed by atoms with E-state index in [0.29, 0.717) is 12.8 Å². The van der Waals surface area contributed by atoms with Crippen LogP contribution < -0.4 is 10.2 Å². The van der Waals surface area contributed by atoms with E-state index in [1.165, 1.54) is 0 Å². The number of carbonyl (C=O) groups excluding carboxylic acids is 1. The van der Waals surface area contributed by atoms with Crippen LogP contribution >= 0.6 is 0 Å². The predicted molar refractivity (Wildman–Crippen MR) is 156 cm³/mol. The number of anilines is 1. The van der Waals surface area contributed by atoms with Gasteiger partial charge in [-0.15, -0.1) is 0 Å². The van der Waals surface area contributed by atoms with Gasteiger partial charge in [-0.1, -0.05) is 66.7 Å². The molecule has 1 N–H and O–H groups in total. The molecule has 0 unspecified atom stereocenters. The van der Waals surface area contributed by atoms with E-state index in [1.807, 2.05) is 66.7 Å². The van der Waals surface area contributed by atoms with Gasteiger partial charge in [-0.25, -0.2) is 4.98 Å². The second-order valence-electron chi connectivity index (χ2n) is 10.9. The van der Waals surface area contributed by atoms with Crippen molar-refractivity contribution in [2.24, 2.45) is 0 Å². The molecule has 1 fully saturated rings. The van der Waals surface area contributed by atoms with Gasteiger partial charge in [0.05, 0.1) is 5.52 Å². The normalized spacial score (nSPS) is 16.7. The topological polar surface area (TPSA) is 48.5 Å². The van der Waals surface area contributed by atoms with E-state index in [2.05, 4.69) is 33.3 Å². The van der Waals surface area contributed by atoms with Crippen LogP contribution in [0.1, 0.15) is 30.4 Å². The fourth-order valence-electron chi connectivity index (χ4n) is 6.51. The summed E-state index contributed by atoms with van der Waals surface area (Å²) < 4.78 is 39.5. The van der Waals surface area contributed by atoms with Gasteiger partial charge in [0, 0.05) is 25.0 Å². The van der Waals surface area contributed by atoms with E-state index in [1.54, 1.807) is 0 Å². The third-order valence-corrected chi connectivity index (χ3v) is 8.42. The van der Waals surface area contributed by atoms with Crippen molar-refractivity contribution in [3.63, 3.8) is 0 Å². The number of amides is 1. The van der Waals surface area contributed by atoms with E-state index in [0.717, 1.165) is 78.1 Å². The van der Waals surface area contributed by atoms with Crippen molar-refractivity contribution in [2.45, 2.75) is 30.9 Å². The number of rotatable bonds is 7. The lowest BCUT2D eigenvalue weighted by molar-refractivity contribution is -0.141. The first-order valence-electron chi connectivity index (χ1n) is 14.2. The molecule has 0 bridgehead atoms. The highest BCUT2D eigenvalue weighted by Crippen LogP contribution is 2.51. The number of hydrogen-bond acceptors (Lipinski definition) is 4. The second-order valence-corrected chi connectivity index (χ2v) is 10.9. The maximum atomic E-state index is 13.7. The third-order valence-electron chi connectivity index (χ3n) is 8.42. The van der Waals surface area contributed by atoms with Crippen LogP contribution in [0.25, 0.3) is 22.0 Å². The van der Waals surface area contributed by atoms with Gasteiger partial charge in [-0.3, -0.25) is 4.79 Å². The first-order chi connectivity index (χ1) is 19.8. The van der Waals surface area contributed by atoms with Crippen LogP contribution in [0.5, 0.6) is 0 Å². The molecule has 3 aromatic carbocycles. The maximum absolute atomic E-state index is 13.7. The van der Waals surface area contributed by atoms with Gasteiger partial charge < -0.3 is 15.1 Å². The molecule has 6 rings (SSSR count). The summed E-state index contributed by atoms with van der Waals surface area (Å²) in [5, 5.41) is 3.35. The standard InChI is InChI=1S/C33H33F3N4O/c34-33(35,36)23-37-31(41)32(27-12-4-2-10-25(27)26-11-3-5-13-28(26)32)17-7-18-39-19-8-20-40(22-21-39)30-16-15-24-9-1-6-14-29(24)38-30/h1-6,9-16H,7-8,17-23H2,(H,37,41). The quantitative estimate of drug-likeness (QED) is 0.295. The number of alkyl halides is 3. The van der Waals surface area contributed by atoms with Gasteiger partial charge in [0.15, 0.2) is 0 Å². The summed E-state index contributed by atoms with van der Waals surface area (Å²) >= 11 is 0. The Kier molecular flexibility index (Phi) is 7.43. The molecule has 0 atom stereocenters. The van der Waals surface area contributed by atoms with Crippen molar-refractivity contribution in [1.29, 1.82) is 0 Å². The molecular weight excluding hydrogens is 525 g/mol. The van der Waals surface area contributed by atoms with Crippen molar-refractivity contribution >= 4 is 22.6 Å². The molecule has 4 aromatic rings. The molecule has 2 aliphatic rings. The molecule has 0 radical (unpaired) electrons. The Morgan fingerprint density at radius 1 is 0.829 bits per heavy atom. The van der Waals surface area contributed by atoms with Gasteiger partial charge in [0.25, 0.3) is 0 Å². The van der Waals surface area contributed by atoms with Gasteiger partial charge >= 0.3 is 6.18 Å². The predicted octanol–water partition coefficient (Wildman–Crippen LogP) is 6.17. The summed E-state index contributed by atoms with van der Waals surface area (Å²) in [6.45, 7) is 2.94. The zero-order valence-corrected chi connectivity index (χ0v) is 22.8. The fourth-order valence-corrected chi connectivity index (χ4v) is 6.51. The van der Waals surface area contributed by atoms with E-state index < -0.39 is 24.0 Å². The van der Waals surface area contributed by atoms with Crippen LogP contribution in [-0.4, -0.2) is 61.2 Å². The first-order valence-corrected chi connectivity index (χ1v) is 14.2. The molecule has 1 aliphatic heterocycles. The molecule has 41 heavy (non-hydrogen) atoms. The summed E-state index contributed by atoms with van der Waals surface area (Å²) in [7, 11) is 0. The Hall–Kier alpha value is -3.91. The zero-order valence-electron chi connectivity index (χ0n) is 22.8. The Bertz CT molecular complexity index is 1510. The van der Waals surface area contributed by atoms with E-state index in [-0.39, 0.29) is 0 Å². The van der Waals surface area contributed by atoms with E-state index in [4.69, 9.17) is 4.98 Å². The SMILES string of the molecule is O=C(NCC(F)(F)F)C1(CCCN2CCCN(c3ccc4ccccc4n3)CC2)c2ccccc2-c2ccccc21. The molecule has 1 aromatic heterocycles. The van der Waals surface area contributed by atoms with Gasteiger partial charge in [0.1, 0.15) is 17.8 Å². The highest BCUT2D eigenvalue weighted by molar-refractivity contribution is 6.00. The minimum atomic E-state index is -4.48. The first kappa shape index (κ1) is 27.3. The summed E-state index contributed by atoms with van der Waals surface area (Å²) in [5.41, 5.74) is 3.22. The van der Waals surface area contributed by atoms with Crippen molar-refractivity contribution in [1.82, 2.24) is 15.2 Å². The number of carbonyl (C=O) groups is 1. The minimum absolute atomic E-state index is 0.428. The summed E-state index contributed by atoms with van der Waals surface area (Å²) in [6, 6.07) is 27.5. The molecule has 2 heterocycles. The zero-order chi connectivity index (χ0) is 28.5. The minimum Gasteiger partial charge on any atom is -0.355 e. The summed E-state index contributed by atoms with van der Waals surface area (Å²) in [5.74, 6) is 0.390. The molecule has 1 aliphatic carbocycles. The third kappa shape index (κ3) is 5.40. The van der Waals surface area contributed by atoms with Crippen molar-refractivity contribution in [2.75, 3.05) is 44.2 Å². The largest absolute Gasteiger partial charge is 0.405 e. The van der Waals surface area contributed by atoms with Crippen LogP contribution in [0.2, 0.25) is 0 Å². The highest BCUT2D eigenvalue weighted by Gasteiger charge is 2.49. The van der Waals surface area contributed by atoms with Crippen LogP contribution in [0.15, 0.2) is 84.9 Å². The van der Waals surface area contributed by atoms with Gasteiger partial charge in [-0.05, 0) is 72.8 Å². The number of halogens is 3. The van der Waals surface area contributed by atoms with Gasteiger partial charge in [0.2, 0.25) is 5.91 Å². The van der Waals surface area contributed by atoms with Crippen LogP contribution in [0.3, 0.4) is 0 Å². The number of pyridine rings is 1. The number of aromatic nitrogens is 1. The second kappa shape index (κ2) is 11.2. The van der Waals surface area contributed by atoms with Gasteiger partial charge in [-0.2, -0.15) is 13.2 Å². The lowest BCUT2D eigenvalue weighted by Gasteiger charge is -2.32. The number of para-hydroxylation sites is 1. The number of benzene rings is 3. The van der Waals surface area contributed by atoms with Crippen molar-refractivity contribution in [3.8, 4) is 11.1 Å². The average Bonchev–Trinajstić information content (AvgIpc) is 3.09. The fraction of sp³-hybridized carbons (Fsp3) is 0.333. The molecule has 8 heteroatoms. The van der Waals surface area contributed by atoms with E-state index in [9.17, 15) is 18.0 Å². The number of nitrogens with one attached hydrogen (secondary N) is 1. The highest BCUT2D eigenvalue weighted by atomic mass is 19.4. The van der Waals surface area contributed by atoms with Crippen LogP contribution in [-0.2, 0) is 10.2 Å². The van der Waals surface area contributed by atoms with Crippen molar-refractivity contribution < 1.29 is 18.0 Å². The number of hydrogen-bond donors (Lipinski definition) is 1. The van der Waals surface area contributed by atoms with Crippen LogP contribution in [0.4, 0.5) is 19.0 Å².